The molecule has 1 fully saturated rings. The summed E-state index contributed by atoms with van der Waals surface area (Å²) in [6.07, 6.45) is -0.0571. The Morgan fingerprint density at radius 1 is 1.85 bits per heavy atom. The Labute approximate surface area is 76.5 Å². The fourth-order valence-corrected chi connectivity index (χ4v) is 1.59. The van der Waals surface area contributed by atoms with Crippen molar-refractivity contribution in [1.82, 2.24) is 4.90 Å². The van der Waals surface area contributed by atoms with Crippen molar-refractivity contribution in [1.29, 1.82) is 0 Å². The van der Waals surface area contributed by atoms with Crippen LogP contribution in [0.3, 0.4) is 0 Å². The van der Waals surface area contributed by atoms with Gasteiger partial charge in [0.2, 0.25) is 11.8 Å². The van der Waals surface area contributed by atoms with Gasteiger partial charge in [0.05, 0.1) is 12.5 Å². The van der Waals surface area contributed by atoms with E-state index in [9.17, 15) is 14.7 Å². The number of rotatable bonds is 3. The molecule has 0 unspecified atom stereocenters. The predicted molar refractivity (Wildman–Crippen MR) is 45.6 cm³/mol. The minimum atomic E-state index is -0.652. The fourth-order valence-electron chi connectivity index (χ4n) is 1.59. The third-order valence-electron chi connectivity index (χ3n) is 2.23. The molecule has 1 rings (SSSR count). The number of likely N-dealkylation sites (tertiary alicyclic amines) is 1. The molecule has 1 aliphatic rings. The molecule has 0 aromatic heterocycles. The Morgan fingerprint density at radius 3 is 2.77 bits per heavy atom. The lowest BCUT2D eigenvalue weighted by molar-refractivity contribution is -0.136. The molecule has 13 heavy (non-hydrogen) atoms. The molecule has 1 saturated heterocycles. The molecule has 0 aliphatic carbocycles. The van der Waals surface area contributed by atoms with Gasteiger partial charge in [0.25, 0.3) is 0 Å². The second kappa shape index (κ2) is 3.74. The van der Waals surface area contributed by atoms with Gasteiger partial charge >= 0.3 is 0 Å². The van der Waals surface area contributed by atoms with Crippen molar-refractivity contribution in [3.05, 3.63) is 0 Å². The average Bonchev–Trinajstić information content (AvgIpc) is 2.31. The molecule has 2 amide bonds. The van der Waals surface area contributed by atoms with Crippen LogP contribution in [0.2, 0.25) is 0 Å². The van der Waals surface area contributed by atoms with Crippen LogP contribution in [0, 0.1) is 0 Å². The van der Waals surface area contributed by atoms with Gasteiger partial charge in [-0.05, 0) is 6.42 Å². The predicted octanol–water partition coefficient (Wildman–Crippen LogP) is -1.16. The summed E-state index contributed by atoms with van der Waals surface area (Å²) in [5.74, 6) is -0.705. The molecule has 0 aromatic carbocycles. The van der Waals surface area contributed by atoms with E-state index in [-0.39, 0.29) is 18.9 Å². The molecule has 0 spiro atoms. The molecule has 3 N–H and O–H groups in total. The smallest absolute Gasteiger partial charge is 0.240 e. The van der Waals surface area contributed by atoms with Gasteiger partial charge in [0.15, 0.2) is 0 Å². The van der Waals surface area contributed by atoms with E-state index in [1.54, 1.807) is 6.92 Å². The normalized spacial score (nSPS) is 24.9. The summed E-state index contributed by atoms with van der Waals surface area (Å²) in [5, 5.41) is 9.18. The highest BCUT2D eigenvalue weighted by atomic mass is 16.3. The van der Waals surface area contributed by atoms with Crippen LogP contribution in [0.4, 0.5) is 0 Å². The molecule has 1 heterocycles. The zero-order chi connectivity index (χ0) is 10.0. The van der Waals surface area contributed by atoms with E-state index in [2.05, 4.69) is 0 Å². The lowest BCUT2D eigenvalue weighted by Crippen LogP contribution is -2.45. The summed E-state index contributed by atoms with van der Waals surface area (Å²) in [4.78, 5) is 23.5. The Kier molecular flexibility index (Phi) is 2.87. The van der Waals surface area contributed by atoms with Crippen LogP contribution in [-0.4, -0.2) is 40.5 Å². The Morgan fingerprint density at radius 2 is 2.46 bits per heavy atom. The molecule has 2 atom stereocenters. The SMILES string of the molecule is CC[C@H](C(N)=O)N1C[C@H](O)CC1=O. The number of nitrogens with two attached hydrogens (primary N) is 1. The lowest BCUT2D eigenvalue weighted by Gasteiger charge is -2.23. The van der Waals surface area contributed by atoms with Crippen LogP contribution in [-0.2, 0) is 9.59 Å². The largest absolute Gasteiger partial charge is 0.391 e. The lowest BCUT2D eigenvalue weighted by atomic mass is 10.2. The monoisotopic (exact) mass is 186 g/mol. The molecule has 74 valence electrons. The first-order valence-electron chi connectivity index (χ1n) is 4.33. The maximum Gasteiger partial charge on any atom is 0.240 e. The minimum Gasteiger partial charge on any atom is -0.391 e. The highest BCUT2D eigenvalue weighted by Crippen LogP contribution is 2.15. The topological polar surface area (TPSA) is 83.6 Å². The third kappa shape index (κ3) is 1.98. The molecular weight excluding hydrogens is 172 g/mol. The fraction of sp³-hybridized carbons (Fsp3) is 0.750. The third-order valence-corrected chi connectivity index (χ3v) is 2.23. The molecule has 0 saturated carbocycles. The number of hydrogen-bond donors (Lipinski definition) is 2. The summed E-state index contributed by atoms with van der Waals surface area (Å²) < 4.78 is 0. The standard InChI is InChI=1S/C8H14N2O3/c1-2-6(8(9)13)10-4-5(11)3-7(10)12/h5-6,11H,2-4H2,1H3,(H2,9,13)/t5-,6-/m1/s1. The van der Waals surface area contributed by atoms with Gasteiger partial charge in [-0.1, -0.05) is 6.92 Å². The van der Waals surface area contributed by atoms with E-state index in [0.717, 1.165) is 0 Å². The summed E-state index contributed by atoms with van der Waals surface area (Å²) >= 11 is 0. The van der Waals surface area contributed by atoms with Crippen molar-refractivity contribution in [3.8, 4) is 0 Å². The van der Waals surface area contributed by atoms with Crippen molar-refractivity contribution in [2.45, 2.75) is 31.9 Å². The number of nitrogens with zero attached hydrogens (tertiary/aromatic N) is 1. The highest BCUT2D eigenvalue weighted by Gasteiger charge is 2.34. The number of hydrogen-bond acceptors (Lipinski definition) is 3. The Bertz CT molecular complexity index is 229. The van der Waals surface area contributed by atoms with Gasteiger partial charge in [-0.25, -0.2) is 0 Å². The van der Waals surface area contributed by atoms with Crippen LogP contribution in [0.25, 0.3) is 0 Å². The second-order valence-corrected chi connectivity index (χ2v) is 3.23. The highest BCUT2D eigenvalue weighted by molar-refractivity contribution is 5.87. The van der Waals surface area contributed by atoms with Gasteiger partial charge in [-0.2, -0.15) is 0 Å². The van der Waals surface area contributed by atoms with Crippen LogP contribution in [0.5, 0.6) is 0 Å². The Balaban J connectivity index is 2.69. The minimum absolute atomic E-state index is 0.101. The quantitative estimate of drug-likeness (QED) is 0.583. The molecule has 5 nitrogen and oxygen atoms in total. The molecule has 0 bridgehead atoms. The molecule has 0 radical (unpaired) electrons. The van der Waals surface area contributed by atoms with Crippen LogP contribution < -0.4 is 5.73 Å². The first-order valence-corrected chi connectivity index (χ1v) is 4.33. The second-order valence-electron chi connectivity index (χ2n) is 3.23. The van der Waals surface area contributed by atoms with Crippen molar-refractivity contribution >= 4 is 11.8 Å². The molecule has 0 aromatic rings. The van der Waals surface area contributed by atoms with E-state index in [1.165, 1.54) is 4.90 Å². The van der Waals surface area contributed by atoms with E-state index in [0.29, 0.717) is 6.42 Å². The number of primary amides is 1. The first-order chi connectivity index (χ1) is 6.06. The van der Waals surface area contributed by atoms with E-state index >= 15 is 0 Å². The summed E-state index contributed by atoms with van der Waals surface area (Å²) in [5.41, 5.74) is 5.12. The van der Waals surface area contributed by atoms with Gasteiger partial charge in [0, 0.05) is 6.54 Å². The zero-order valence-corrected chi connectivity index (χ0v) is 7.56. The van der Waals surface area contributed by atoms with E-state index < -0.39 is 18.1 Å². The number of aliphatic hydroxyl groups is 1. The Hall–Kier alpha value is -1.10. The molecule has 1 aliphatic heterocycles. The van der Waals surface area contributed by atoms with Crippen molar-refractivity contribution in [2.75, 3.05) is 6.54 Å². The number of carbonyl (C=O) groups is 2. The molecular formula is C8H14N2O3. The summed E-state index contributed by atoms with van der Waals surface area (Å²) in [6.45, 7) is 2.01. The summed E-state index contributed by atoms with van der Waals surface area (Å²) in [7, 11) is 0. The van der Waals surface area contributed by atoms with Crippen LogP contribution in [0.15, 0.2) is 0 Å². The van der Waals surface area contributed by atoms with Gasteiger partial charge in [0.1, 0.15) is 6.04 Å². The average molecular weight is 186 g/mol. The van der Waals surface area contributed by atoms with Gasteiger partial charge in [-0.15, -0.1) is 0 Å². The number of β-amino-alcohol motifs (C(OH)–C–C–N with tert-alkyl or cyclic N) is 1. The number of carbonyl (C=O) groups excluding carboxylic acids is 2. The van der Waals surface area contributed by atoms with Crippen molar-refractivity contribution in [3.63, 3.8) is 0 Å². The van der Waals surface area contributed by atoms with Crippen LogP contribution >= 0.6 is 0 Å². The first kappa shape index (κ1) is 9.98. The van der Waals surface area contributed by atoms with E-state index in [1.807, 2.05) is 0 Å². The van der Waals surface area contributed by atoms with Crippen LogP contribution in [0.1, 0.15) is 19.8 Å². The van der Waals surface area contributed by atoms with E-state index in [4.69, 9.17) is 5.73 Å². The number of amides is 2. The van der Waals surface area contributed by atoms with Gasteiger partial charge < -0.3 is 15.7 Å². The summed E-state index contributed by atoms with van der Waals surface area (Å²) in [6, 6.07) is -0.565. The van der Waals surface area contributed by atoms with Gasteiger partial charge in [-0.3, -0.25) is 9.59 Å². The zero-order valence-electron chi connectivity index (χ0n) is 7.56. The van der Waals surface area contributed by atoms with Crippen molar-refractivity contribution in [2.24, 2.45) is 5.73 Å². The maximum absolute atomic E-state index is 11.2. The van der Waals surface area contributed by atoms with Crippen molar-refractivity contribution < 1.29 is 14.7 Å². The molecule has 5 heteroatoms. The maximum atomic E-state index is 11.2. The number of aliphatic hydroxyl groups excluding tert-OH is 1.